The first-order valence-electron chi connectivity index (χ1n) is 9.63. The Bertz CT molecular complexity index is 890. The monoisotopic (exact) mass is 468 g/mol. The van der Waals surface area contributed by atoms with Crippen LogP contribution >= 0.6 is 0 Å². The van der Waals surface area contributed by atoms with Crippen molar-refractivity contribution in [3.05, 3.63) is 59.4 Å². The Hall–Kier alpha value is -2.53. The molecule has 1 heterocycles. The molecule has 3 rings (SSSR count). The number of benzene rings is 2. The molecule has 1 aliphatic heterocycles. The Labute approximate surface area is 178 Å². The minimum atomic E-state index is -4.11. The summed E-state index contributed by atoms with van der Waals surface area (Å²) in [5.74, 6) is -6.70. The third-order valence-electron chi connectivity index (χ3n) is 4.59. The van der Waals surface area contributed by atoms with Crippen LogP contribution in [0.3, 0.4) is 0 Å². The van der Waals surface area contributed by atoms with E-state index in [0.717, 1.165) is 37.1 Å². The molecule has 1 fully saturated rings. The lowest BCUT2D eigenvalue weighted by Crippen LogP contribution is -2.47. The van der Waals surface area contributed by atoms with Crippen molar-refractivity contribution in [1.82, 2.24) is 0 Å². The zero-order valence-electron chi connectivity index (χ0n) is 16.7. The zero-order chi connectivity index (χ0) is 23.5. The third-order valence-corrected chi connectivity index (χ3v) is 4.59. The van der Waals surface area contributed by atoms with Crippen molar-refractivity contribution in [2.45, 2.75) is 38.3 Å². The highest BCUT2D eigenvalue weighted by atomic mass is 19.3. The van der Waals surface area contributed by atoms with Crippen LogP contribution in [0.4, 0.5) is 30.7 Å². The smallest absolute Gasteiger partial charge is 0.429 e. The lowest BCUT2D eigenvalue weighted by atomic mass is 10.1. The van der Waals surface area contributed by atoms with Crippen LogP contribution in [0.15, 0.2) is 36.4 Å². The van der Waals surface area contributed by atoms with E-state index < -0.39 is 53.0 Å². The summed E-state index contributed by atoms with van der Waals surface area (Å²) in [6, 6.07) is 3.60. The topological polar surface area (TPSA) is 36.9 Å². The molecule has 0 spiro atoms. The number of hydrogen-bond acceptors (Lipinski definition) is 4. The van der Waals surface area contributed by atoms with Crippen LogP contribution in [0.1, 0.15) is 25.3 Å². The molecule has 0 aliphatic carbocycles. The van der Waals surface area contributed by atoms with Gasteiger partial charge in [-0.1, -0.05) is 13.3 Å². The van der Waals surface area contributed by atoms with E-state index in [1.54, 1.807) is 0 Å². The van der Waals surface area contributed by atoms with Gasteiger partial charge in [-0.15, -0.1) is 0 Å². The van der Waals surface area contributed by atoms with Gasteiger partial charge in [-0.25, -0.2) is 13.2 Å². The van der Waals surface area contributed by atoms with Crippen molar-refractivity contribution in [2.24, 2.45) is 5.92 Å². The Morgan fingerprint density at radius 2 is 1.44 bits per heavy atom. The van der Waals surface area contributed by atoms with Crippen molar-refractivity contribution < 1.29 is 49.7 Å². The molecule has 0 bridgehead atoms. The van der Waals surface area contributed by atoms with Gasteiger partial charge in [0.1, 0.15) is 11.5 Å². The van der Waals surface area contributed by atoms with Crippen LogP contribution in [0, 0.1) is 23.4 Å². The molecule has 176 valence electrons. The molecule has 0 unspecified atom stereocenters. The third kappa shape index (κ3) is 5.63. The lowest BCUT2D eigenvalue weighted by molar-refractivity contribution is -0.352. The van der Waals surface area contributed by atoms with E-state index in [4.69, 9.17) is 9.47 Å². The van der Waals surface area contributed by atoms with E-state index in [-0.39, 0.29) is 31.3 Å². The molecule has 0 radical (unpaired) electrons. The van der Waals surface area contributed by atoms with Crippen molar-refractivity contribution in [1.29, 1.82) is 0 Å². The van der Waals surface area contributed by atoms with Gasteiger partial charge in [-0.3, -0.25) is 0 Å². The number of alkyl halides is 4. The zero-order valence-corrected chi connectivity index (χ0v) is 16.7. The lowest BCUT2D eigenvalue weighted by Gasteiger charge is -2.33. The summed E-state index contributed by atoms with van der Waals surface area (Å²) in [5.41, 5.74) is -0.828. The summed E-state index contributed by atoms with van der Waals surface area (Å²) in [6.45, 7) is 2.09. The molecular weight excluding hydrogens is 449 g/mol. The molecule has 32 heavy (non-hydrogen) atoms. The van der Waals surface area contributed by atoms with Crippen LogP contribution in [-0.2, 0) is 15.6 Å². The second-order valence-electron chi connectivity index (χ2n) is 7.16. The average molecular weight is 468 g/mol. The Balaban J connectivity index is 1.65. The summed E-state index contributed by atoms with van der Waals surface area (Å²) in [7, 11) is 0. The normalized spacial score (nSPS) is 19.6. The maximum Gasteiger partial charge on any atom is 0.451 e. The van der Waals surface area contributed by atoms with Crippen LogP contribution in [0.25, 0.3) is 0 Å². The van der Waals surface area contributed by atoms with Crippen LogP contribution in [-0.4, -0.2) is 25.6 Å². The summed E-state index contributed by atoms with van der Waals surface area (Å²) in [6.07, 6.45) is -8.35. The number of halogens is 7. The van der Waals surface area contributed by atoms with Gasteiger partial charge in [-0.05, 0) is 30.7 Å². The fourth-order valence-corrected chi connectivity index (χ4v) is 3.03. The Morgan fingerprint density at radius 1 is 0.875 bits per heavy atom. The summed E-state index contributed by atoms with van der Waals surface area (Å²) < 4.78 is 115. The SMILES string of the molecule is CCCC1COC(C(F)(F)Oc2ccc(C(F)(F)Oc3cc(F)c(F)c(F)c3)cc2)OC1. The Morgan fingerprint density at radius 3 is 1.97 bits per heavy atom. The highest BCUT2D eigenvalue weighted by Gasteiger charge is 2.47. The van der Waals surface area contributed by atoms with Crippen molar-refractivity contribution >= 4 is 0 Å². The molecular formula is C21H19F7O4. The largest absolute Gasteiger partial charge is 0.451 e. The molecule has 4 nitrogen and oxygen atoms in total. The minimum Gasteiger partial charge on any atom is -0.429 e. The molecule has 0 aromatic heterocycles. The first-order valence-corrected chi connectivity index (χ1v) is 9.63. The van der Waals surface area contributed by atoms with Crippen LogP contribution in [0.2, 0.25) is 0 Å². The molecule has 2 aromatic rings. The van der Waals surface area contributed by atoms with E-state index in [1.807, 2.05) is 6.92 Å². The van der Waals surface area contributed by atoms with E-state index in [2.05, 4.69) is 9.47 Å². The molecule has 1 saturated heterocycles. The van der Waals surface area contributed by atoms with Crippen molar-refractivity contribution in [3.8, 4) is 11.5 Å². The van der Waals surface area contributed by atoms with Gasteiger partial charge in [0, 0.05) is 18.1 Å². The predicted octanol–water partition coefficient (Wildman–Crippen LogP) is 5.99. The summed E-state index contributed by atoms with van der Waals surface area (Å²) in [4.78, 5) is 0. The predicted molar refractivity (Wildman–Crippen MR) is 96.9 cm³/mol. The highest BCUT2D eigenvalue weighted by molar-refractivity contribution is 5.31. The van der Waals surface area contributed by atoms with E-state index >= 15 is 0 Å². The molecule has 0 atom stereocenters. The molecule has 0 saturated carbocycles. The standard InChI is InChI=1S/C21H19F7O4/c1-2-3-12-10-29-19(30-11-12)21(27,28)31-14-6-4-13(5-7-14)20(25,26)32-15-8-16(22)18(24)17(23)9-15/h4-9,12,19H,2-3,10-11H2,1H3. The molecule has 2 aromatic carbocycles. The first-order chi connectivity index (χ1) is 15.0. The fourth-order valence-electron chi connectivity index (χ4n) is 3.03. The van der Waals surface area contributed by atoms with Crippen molar-refractivity contribution in [2.75, 3.05) is 13.2 Å². The average Bonchev–Trinajstić information content (AvgIpc) is 2.72. The maximum absolute atomic E-state index is 14.3. The van der Waals surface area contributed by atoms with Gasteiger partial charge in [0.05, 0.1) is 18.8 Å². The molecule has 11 heteroatoms. The molecule has 0 N–H and O–H groups in total. The van der Waals surface area contributed by atoms with Gasteiger partial charge in [0.15, 0.2) is 17.5 Å². The molecule has 0 amide bonds. The quantitative estimate of drug-likeness (QED) is 0.352. The number of rotatable bonds is 8. The first kappa shape index (κ1) is 24.1. The van der Waals surface area contributed by atoms with Gasteiger partial charge in [0.25, 0.3) is 6.29 Å². The number of ether oxygens (including phenoxy) is 4. The maximum atomic E-state index is 14.3. The minimum absolute atomic E-state index is 0.00313. The second-order valence-corrected chi connectivity index (χ2v) is 7.16. The number of hydrogen-bond donors (Lipinski definition) is 0. The highest BCUT2D eigenvalue weighted by Crippen LogP contribution is 2.35. The summed E-state index contributed by atoms with van der Waals surface area (Å²) in [5, 5.41) is 0. The fraction of sp³-hybridized carbons (Fsp3) is 0.429. The van der Waals surface area contributed by atoms with Crippen molar-refractivity contribution in [3.63, 3.8) is 0 Å². The second kappa shape index (κ2) is 9.53. The van der Waals surface area contributed by atoms with Gasteiger partial charge in [0.2, 0.25) is 0 Å². The van der Waals surface area contributed by atoms with Gasteiger partial charge >= 0.3 is 12.2 Å². The molecule has 1 aliphatic rings. The van der Waals surface area contributed by atoms with Crippen LogP contribution < -0.4 is 9.47 Å². The van der Waals surface area contributed by atoms with Gasteiger partial charge in [-0.2, -0.15) is 17.6 Å². The van der Waals surface area contributed by atoms with E-state index in [1.165, 1.54) is 0 Å². The van der Waals surface area contributed by atoms with Gasteiger partial charge < -0.3 is 18.9 Å². The van der Waals surface area contributed by atoms with E-state index in [0.29, 0.717) is 0 Å². The van der Waals surface area contributed by atoms with Crippen LogP contribution in [0.5, 0.6) is 11.5 Å². The summed E-state index contributed by atoms with van der Waals surface area (Å²) >= 11 is 0. The Kier molecular flexibility index (Phi) is 7.19. The van der Waals surface area contributed by atoms with E-state index in [9.17, 15) is 30.7 Å².